The molecule has 0 aromatic heterocycles. The molecular weight excluding hydrogens is 191 g/mol. The second-order valence-corrected chi connectivity index (χ2v) is 3.20. The molecule has 0 spiro atoms. The van der Waals surface area contributed by atoms with Gasteiger partial charge in [-0.2, -0.15) is 0 Å². The summed E-state index contributed by atoms with van der Waals surface area (Å²) in [5.41, 5.74) is 11.7. The van der Waals surface area contributed by atoms with Gasteiger partial charge in [0, 0.05) is 6.04 Å². The van der Waals surface area contributed by atoms with Crippen LogP contribution in [-0.2, 0) is 0 Å². The van der Waals surface area contributed by atoms with E-state index in [4.69, 9.17) is 23.1 Å². The zero-order chi connectivity index (χ0) is 9.84. The molecular formula is C9H12ClFN2. The summed E-state index contributed by atoms with van der Waals surface area (Å²) in [6.45, 7) is 0.466. The summed E-state index contributed by atoms with van der Waals surface area (Å²) < 4.78 is 13.0. The number of hydrogen-bond donors (Lipinski definition) is 2. The predicted molar refractivity (Wildman–Crippen MR) is 52.0 cm³/mol. The smallest absolute Gasteiger partial charge is 0.142 e. The van der Waals surface area contributed by atoms with Gasteiger partial charge in [-0.1, -0.05) is 23.7 Å². The average Bonchev–Trinajstić information content (AvgIpc) is 2.10. The fraction of sp³-hybridized carbons (Fsp3) is 0.333. The Labute approximate surface area is 81.7 Å². The van der Waals surface area contributed by atoms with E-state index >= 15 is 0 Å². The van der Waals surface area contributed by atoms with Gasteiger partial charge < -0.3 is 11.5 Å². The van der Waals surface area contributed by atoms with E-state index in [0.717, 1.165) is 0 Å². The maximum Gasteiger partial charge on any atom is 0.142 e. The molecule has 0 heterocycles. The Morgan fingerprint density at radius 2 is 2.15 bits per heavy atom. The molecule has 0 bridgehead atoms. The third kappa shape index (κ3) is 2.40. The van der Waals surface area contributed by atoms with E-state index < -0.39 is 5.82 Å². The molecule has 0 unspecified atom stereocenters. The SMILES string of the molecule is NCC[C@H](N)c1cccc(F)c1Cl. The molecule has 2 nitrogen and oxygen atoms in total. The van der Waals surface area contributed by atoms with Crippen molar-refractivity contribution in [2.24, 2.45) is 11.5 Å². The average molecular weight is 203 g/mol. The highest BCUT2D eigenvalue weighted by Crippen LogP contribution is 2.25. The van der Waals surface area contributed by atoms with Gasteiger partial charge >= 0.3 is 0 Å². The van der Waals surface area contributed by atoms with Gasteiger partial charge in [-0.05, 0) is 24.6 Å². The van der Waals surface area contributed by atoms with Crippen LogP contribution >= 0.6 is 11.6 Å². The number of rotatable bonds is 3. The predicted octanol–water partition coefficient (Wildman–Crippen LogP) is 1.83. The topological polar surface area (TPSA) is 52.0 Å². The van der Waals surface area contributed by atoms with E-state index in [1.807, 2.05) is 0 Å². The van der Waals surface area contributed by atoms with E-state index in [1.165, 1.54) is 6.07 Å². The van der Waals surface area contributed by atoms with Gasteiger partial charge in [0.1, 0.15) is 5.82 Å². The zero-order valence-corrected chi connectivity index (χ0v) is 7.89. The molecule has 0 amide bonds. The van der Waals surface area contributed by atoms with Gasteiger partial charge in [-0.3, -0.25) is 0 Å². The first-order valence-corrected chi connectivity index (χ1v) is 4.44. The first kappa shape index (κ1) is 10.4. The summed E-state index contributed by atoms with van der Waals surface area (Å²) in [5, 5.41) is 0.100. The van der Waals surface area contributed by atoms with Crippen molar-refractivity contribution in [2.75, 3.05) is 6.54 Å². The maximum absolute atomic E-state index is 13.0. The molecule has 1 rings (SSSR count). The lowest BCUT2D eigenvalue weighted by atomic mass is 10.0. The highest BCUT2D eigenvalue weighted by molar-refractivity contribution is 6.31. The quantitative estimate of drug-likeness (QED) is 0.786. The Bertz CT molecular complexity index is 291. The molecule has 4 heteroatoms. The molecule has 0 saturated carbocycles. The minimum absolute atomic E-state index is 0.100. The number of benzene rings is 1. The molecule has 0 aliphatic carbocycles. The van der Waals surface area contributed by atoms with Crippen molar-refractivity contribution >= 4 is 11.6 Å². The Morgan fingerprint density at radius 3 is 2.77 bits per heavy atom. The summed E-state index contributed by atoms with van der Waals surface area (Å²) in [7, 11) is 0. The van der Waals surface area contributed by atoms with Crippen molar-refractivity contribution in [3.8, 4) is 0 Å². The standard InChI is InChI=1S/C9H12ClFN2/c10-9-6(8(13)4-5-12)2-1-3-7(9)11/h1-3,8H,4-5,12-13H2/t8-/m0/s1. The van der Waals surface area contributed by atoms with Crippen molar-refractivity contribution in [2.45, 2.75) is 12.5 Å². The molecule has 0 aliphatic rings. The molecule has 0 fully saturated rings. The van der Waals surface area contributed by atoms with Crippen LogP contribution in [-0.4, -0.2) is 6.54 Å². The number of halogens is 2. The summed E-state index contributed by atoms with van der Waals surface area (Å²) >= 11 is 5.73. The van der Waals surface area contributed by atoms with E-state index in [2.05, 4.69) is 0 Å². The third-order valence-electron chi connectivity index (χ3n) is 1.86. The Kier molecular flexibility index (Phi) is 3.66. The first-order chi connectivity index (χ1) is 6.16. The van der Waals surface area contributed by atoms with Crippen LogP contribution in [0.4, 0.5) is 4.39 Å². The highest BCUT2D eigenvalue weighted by Gasteiger charge is 2.11. The molecule has 1 aromatic carbocycles. The Balaban J connectivity index is 2.93. The normalized spacial score (nSPS) is 12.9. The minimum atomic E-state index is -0.438. The lowest BCUT2D eigenvalue weighted by molar-refractivity contribution is 0.612. The molecule has 4 N–H and O–H groups in total. The molecule has 1 atom stereocenters. The van der Waals surface area contributed by atoms with E-state index in [1.54, 1.807) is 12.1 Å². The molecule has 1 aromatic rings. The summed E-state index contributed by atoms with van der Waals surface area (Å²) in [4.78, 5) is 0. The van der Waals surface area contributed by atoms with Crippen LogP contribution in [0.15, 0.2) is 18.2 Å². The van der Waals surface area contributed by atoms with Gasteiger partial charge in [0.25, 0.3) is 0 Å². The fourth-order valence-electron chi connectivity index (χ4n) is 1.14. The number of nitrogens with two attached hydrogens (primary N) is 2. The van der Waals surface area contributed by atoms with E-state index in [9.17, 15) is 4.39 Å². The van der Waals surface area contributed by atoms with Crippen molar-refractivity contribution < 1.29 is 4.39 Å². The lowest BCUT2D eigenvalue weighted by Gasteiger charge is -2.12. The van der Waals surface area contributed by atoms with Crippen LogP contribution in [0, 0.1) is 5.82 Å². The van der Waals surface area contributed by atoms with Crippen molar-refractivity contribution in [1.82, 2.24) is 0 Å². The molecule has 0 radical (unpaired) electrons. The minimum Gasteiger partial charge on any atom is -0.330 e. The van der Waals surface area contributed by atoms with Crippen LogP contribution in [0.5, 0.6) is 0 Å². The Morgan fingerprint density at radius 1 is 1.46 bits per heavy atom. The van der Waals surface area contributed by atoms with Crippen LogP contribution in [0.25, 0.3) is 0 Å². The van der Waals surface area contributed by atoms with Crippen molar-refractivity contribution in [1.29, 1.82) is 0 Å². The second-order valence-electron chi connectivity index (χ2n) is 2.83. The van der Waals surface area contributed by atoms with Gasteiger partial charge in [-0.15, -0.1) is 0 Å². The van der Waals surface area contributed by atoms with Crippen LogP contribution in [0.2, 0.25) is 5.02 Å². The molecule has 0 saturated heterocycles. The second kappa shape index (κ2) is 4.56. The van der Waals surface area contributed by atoms with Gasteiger partial charge in [0.2, 0.25) is 0 Å². The largest absolute Gasteiger partial charge is 0.330 e. The number of hydrogen-bond acceptors (Lipinski definition) is 2. The monoisotopic (exact) mass is 202 g/mol. The van der Waals surface area contributed by atoms with Crippen molar-refractivity contribution in [3.05, 3.63) is 34.6 Å². The van der Waals surface area contributed by atoms with Crippen molar-refractivity contribution in [3.63, 3.8) is 0 Å². The van der Waals surface area contributed by atoms with E-state index in [-0.39, 0.29) is 11.1 Å². The summed E-state index contributed by atoms with van der Waals surface area (Å²) in [6.07, 6.45) is 0.600. The van der Waals surface area contributed by atoms with Crippen LogP contribution < -0.4 is 11.5 Å². The maximum atomic E-state index is 13.0. The van der Waals surface area contributed by atoms with Gasteiger partial charge in [0.05, 0.1) is 5.02 Å². The third-order valence-corrected chi connectivity index (χ3v) is 2.26. The molecule has 0 aliphatic heterocycles. The highest BCUT2D eigenvalue weighted by atomic mass is 35.5. The van der Waals surface area contributed by atoms with Gasteiger partial charge in [-0.25, -0.2) is 4.39 Å². The molecule has 13 heavy (non-hydrogen) atoms. The lowest BCUT2D eigenvalue weighted by Crippen LogP contribution is -2.15. The van der Waals surface area contributed by atoms with Gasteiger partial charge in [0.15, 0.2) is 0 Å². The van der Waals surface area contributed by atoms with E-state index in [0.29, 0.717) is 18.5 Å². The zero-order valence-electron chi connectivity index (χ0n) is 7.13. The summed E-state index contributed by atoms with van der Waals surface area (Å²) in [6, 6.07) is 4.33. The van der Waals surface area contributed by atoms with Crippen LogP contribution in [0.1, 0.15) is 18.0 Å². The first-order valence-electron chi connectivity index (χ1n) is 4.06. The van der Waals surface area contributed by atoms with Crippen LogP contribution in [0.3, 0.4) is 0 Å². The molecule has 72 valence electrons. The Hall–Kier alpha value is -0.640. The fourth-order valence-corrected chi connectivity index (χ4v) is 1.41. The summed E-state index contributed by atoms with van der Waals surface area (Å²) in [5.74, 6) is -0.438.